The van der Waals surface area contributed by atoms with Gasteiger partial charge in [-0.25, -0.2) is 0 Å². The molecule has 2 aliphatic rings. The van der Waals surface area contributed by atoms with Crippen molar-refractivity contribution in [2.24, 2.45) is 0 Å². The Morgan fingerprint density at radius 1 is 1.11 bits per heavy atom. The molecule has 1 fully saturated rings. The van der Waals surface area contributed by atoms with Gasteiger partial charge in [0, 0.05) is 6.04 Å². The Kier molecular flexibility index (Phi) is 5.44. The molecule has 0 aromatic heterocycles. The van der Waals surface area contributed by atoms with E-state index in [0.29, 0.717) is 12.6 Å². The van der Waals surface area contributed by atoms with Gasteiger partial charge in [0.15, 0.2) is 0 Å². The van der Waals surface area contributed by atoms with Gasteiger partial charge < -0.3 is 10.1 Å². The van der Waals surface area contributed by atoms with Gasteiger partial charge in [-0.3, -0.25) is 9.69 Å². The first-order chi connectivity index (χ1) is 13.2. The van der Waals surface area contributed by atoms with E-state index in [2.05, 4.69) is 46.6 Å². The lowest BCUT2D eigenvalue weighted by molar-refractivity contribution is -0.123. The molecule has 27 heavy (non-hydrogen) atoms. The fourth-order valence-electron chi connectivity index (χ4n) is 4.55. The van der Waals surface area contributed by atoms with Crippen molar-refractivity contribution in [3.63, 3.8) is 0 Å². The predicted octanol–water partition coefficient (Wildman–Crippen LogP) is 4.03. The second-order valence-corrected chi connectivity index (χ2v) is 7.61. The molecule has 2 atom stereocenters. The molecule has 2 aromatic carbocycles. The number of carbonyl (C=O) groups excluding carboxylic acids is 1. The van der Waals surface area contributed by atoms with E-state index in [1.54, 1.807) is 7.11 Å². The maximum Gasteiger partial charge on any atom is 0.234 e. The van der Waals surface area contributed by atoms with Crippen molar-refractivity contribution in [2.45, 2.75) is 44.2 Å². The van der Waals surface area contributed by atoms with Crippen molar-refractivity contribution < 1.29 is 9.53 Å². The number of benzene rings is 2. The van der Waals surface area contributed by atoms with Crippen molar-refractivity contribution in [3.8, 4) is 5.75 Å². The lowest BCUT2D eigenvalue weighted by atomic mass is 9.88. The van der Waals surface area contributed by atoms with Crippen molar-refractivity contribution >= 4 is 5.91 Å². The van der Waals surface area contributed by atoms with Gasteiger partial charge in [-0.15, -0.1) is 0 Å². The number of fused-ring (bicyclic) bond motifs is 1. The number of hydrogen-bond acceptors (Lipinski definition) is 3. The molecular weight excluding hydrogens is 336 g/mol. The molecule has 142 valence electrons. The molecule has 1 heterocycles. The quantitative estimate of drug-likeness (QED) is 0.871. The van der Waals surface area contributed by atoms with Gasteiger partial charge in [-0.1, -0.05) is 36.4 Å². The van der Waals surface area contributed by atoms with E-state index in [1.165, 1.54) is 16.7 Å². The van der Waals surface area contributed by atoms with Gasteiger partial charge in [-0.05, 0) is 67.5 Å². The predicted molar refractivity (Wildman–Crippen MR) is 107 cm³/mol. The first-order valence-electron chi connectivity index (χ1n) is 10.00. The first-order valence-corrected chi connectivity index (χ1v) is 10.00. The lowest BCUT2D eigenvalue weighted by Crippen LogP contribution is -2.39. The zero-order chi connectivity index (χ0) is 18.6. The minimum Gasteiger partial charge on any atom is -0.497 e. The molecule has 0 unspecified atom stereocenters. The van der Waals surface area contributed by atoms with Crippen LogP contribution in [0.4, 0.5) is 0 Å². The average Bonchev–Trinajstić information content (AvgIpc) is 3.16. The van der Waals surface area contributed by atoms with Crippen LogP contribution in [0.15, 0.2) is 48.5 Å². The van der Waals surface area contributed by atoms with Crippen LogP contribution in [0, 0.1) is 0 Å². The Morgan fingerprint density at radius 3 is 2.74 bits per heavy atom. The van der Waals surface area contributed by atoms with E-state index in [1.807, 2.05) is 12.1 Å². The van der Waals surface area contributed by atoms with Crippen LogP contribution in [-0.2, 0) is 11.2 Å². The highest BCUT2D eigenvalue weighted by Gasteiger charge is 2.29. The summed E-state index contributed by atoms with van der Waals surface area (Å²) < 4.78 is 5.26. The van der Waals surface area contributed by atoms with Gasteiger partial charge in [0.1, 0.15) is 5.75 Å². The van der Waals surface area contributed by atoms with Crippen LogP contribution >= 0.6 is 0 Å². The molecule has 0 saturated carbocycles. The number of aryl methyl sites for hydroxylation is 1. The van der Waals surface area contributed by atoms with Gasteiger partial charge in [0.25, 0.3) is 0 Å². The van der Waals surface area contributed by atoms with Crippen molar-refractivity contribution in [3.05, 3.63) is 65.2 Å². The van der Waals surface area contributed by atoms with Gasteiger partial charge in [0.2, 0.25) is 5.91 Å². The number of nitrogens with one attached hydrogen (secondary N) is 1. The van der Waals surface area contributed by atoms with Crippen LogP contribution in [0.25, 0.3) is 0 Å². The van der Waals surface area contributed by atoms with E-state index >= 15 is 0 Å². The minimum atomic E-state index is 0.136. The molecule has 1 aliphatic heterocycles. The monoisotopic (exact) mass is 364 g/mol. The third kappa shape index (κ3) is 4.01. The number of likely N-dealkylation sites (tertiary alicyclic amines) is 1. The standard InChI is InChI=1S/C23H28N2O2/c1-27-19-13-11-18(12-14-19)22-10-5-15-25(22)16-23(26)24-21-9-4-7-17-6-2-3-8-20(17)21/h2-3,6,8,11-14,21-22H,4-5,7,9-10,15-16H2,1H3,(H,24,26)/t21-,22-/m1/s1. The van der Waals surface area contributed by atoms with Crippen LogP contribution < -0.4 is 10.1 Å². The van der Waals surface area contributed by atoms with E-state index in [4.69, 9.17) is 4.74 Å². The van der Waals surface area contributed by atoms with Crippen LogP contribution in [-0.4, -0.2) is 31.0 Å². The third-order valence-corrected chi connectivity index (χ3v) is 5.92. The normalized spacial score (nSPS) is 22.3. The summed E-state index contributed by atoms with van der Waals surface area (Å²) >= 11 is 0. The third-order valence-electron chi connectivity index (χ3n) is 5.92. The first kappa shape index (κ1) is 18.1. The Balaban J connectivity index is 1.40. The van der Waals surface area contributed by atoms with Crippen molar-refractivity contribution in [1.29, 1.82) is 0 Å². The smallest absolute Gasteiger partial charge is 0.234 e. The Labute approximate surface area is 161 Å². The number of ether oxygens (including phenoxy) is 1. The lowest BCUT2D eigenvalue weighted by Gasteiger charge is -2.29. The summed E-state index contributed by atoms with van der Waals surface area (Å²) in [5.41, 5.74) is 3.95. The molecule has 1 N–H and O–H groups in total. The largest absolute Gasteiger partial charge is 0.497 e. The summed E-state index contributed by atoms with van der Waals surface area (Å²) in [5, 5.41) is 3.29. The maximum atomic E-state index is 12.8. The molecule has 0 spiro atoms. The number of carbonyl (C=O) groups is 1. The Bertz CT molecular complexity index is 787. The van der Waals surface area contributed by atoms with Gasteiger partial charge >= 0.3 is 0 Å². The molecule has 4 heteroatoms. The van der Waals surface area contributed by atoms with E-state index in [9.17, 15) is 4.79 Å². The Hall–Kier alpha value is -2.33. The molecular formula is C23H28N2O2. The molecule has 0 bridgehead atoms. The van der Waals surface area contributed by atoms with Gasteiger partial charge in [0.05, 0.1) is 19.7 Å². The van der Waals surface area contributed by atoms with Crippen LogP contribution in [0.5, 0.6) is 5.75 Å². The fourth-order valence-corrected chi connectivity index (χ4v) is 4.55. The molecule has 0 radical (unpaired) electrons. The molecule has 4 nitrogen and oxygen atoms in total. The topological polar surface area (TPSA) is 41.6 Å². The number of rotatable bonds is 5. The molecule has 1 aliphatic carbocycles. The number of nitrogens with zero attached hydrogens (tertiary/aromatic N) is 1. The molecule has 1 amide bonds. The number of amides is 1. The van der Waals surface area contributed by atoms with E-state index in [0.717, 1.165) is 44.4 Å². The summed E-state index contributed by atoms with van der Waals surface area (Å²) in [6.45, 7) is 1.45. The summed E-state index contributed by atoms with van der Waals surface area (Å²) in [4.78, 5) is 15.1. The highest BCUT2D eigenvalue weighted by Crippen LogP contribution is 2.33. The summed E-state index contributed by atoms with van der Waals surface area (Å²) in [7, 11) is 1.69. The average molecular weight is 364 g/mol. The summed E-state index contributed by atoms with van der Waals surface area (Å²) in [6.07, 6.45) is 5.53. The second-order valence-electron chi connectivity index (χ2n) is 7.61. The second kappa shape index (κ2) is 8.13. The van der Waals surface area contributed by atoms with E-state index in [-0.39, 0.29) is 11.9 Å². The van der Waals surface area contributed by atoms with Crippen LogP contribution in [0.3, 0.4) is 0 Å². The van der Waals surface area contributed by atoms with Crippen molar-refractivity contribution in [1.82, 2.24) is 10.2 Å². The van der Waals surface area contributed by atoms with Crippen molar-refractivity contribution in [2.75, 3.05) is 20.2 Å². The molecule has 2 aromatic rings. The zero-order valence-electron chi connectivity index (χ0n) is 16.0. The highest BCUT2D eigenvalue weighted by atomic mass is 16.5. The number of hydrogen-bond donors (Lipinski definition) is 1. The van der Waals surface area contributed by atoms with E-state index < -0.39 is 0 Å². The molecule has 1 saturated heterocycles. The SMILES string of the molecule is COc1ccc([C@H]2CCCN2CC(=O)N[C@@H]2CCCc3ccccc32)cc1. The molecule has 4 rings (SSSR count). The fraction of sp³-hybridized carbons (Fsp3) is 0.435. The highest BCUT2D eigenvalue weighted by molar-refractivity contribution is 5.78. The van der Waals surface area contributed by atoms with Crippen LogP contribution in [0.2, 0.25) is 0 Å². The Morgan fingerprint density at radius 2 is 1.93 bits per heavy atom. The maximum absolute atomic E-state index is 12.8. The van der Waals surface area contributed by atoms with Crippen LogP contribution in [0.1, 0.15) is 54.5 Å². The zero-order valence-corrected chi connectivity index (χ0v) is 16.0. The minimum absolute atomic E-state index is 0.136. The summed E-state index contributed by atoms with van der Waals surface area (Å²) in [6, 6.07) is 17.2. The van der Waals surface area contributed by atoms with Gasteiger partial charge in [-0.2, -0.15) is 0 Å². The number of methoxy groups -OCH3 is 1. The summed E-state index contributed by atoms with van der Waals surface area (Å²) in [5.74, 6) is 1.01.